The van der Waals surface area contributed by atoms with Crippen molar-refractivity contribution in [1.29, 1.82) is 0 Å². The molecule has 96 valence electrons. The van der Waals surface area contributed by atoms with Gasteiger partial charge in [0.15, 0.2) is 4.77 Å². The molecule has 6 heteroatoms. The van der Waals surface area contributed by atoms with E-state index in [1.54, 1.807) is 23.0 Å². The minimum atomic E-state index is 0.0326. The molecule has 0 bridgehead atoms. The van der Waals surface area contributed by atoms with Gasteiger partial charge >= 0.3 is 0 Å². The van der Waals surface area contributed by atoms with Gasteiger partial charge in [0, 0.05) is 12.0 Å². The summed E-state index contributed by atoms with van der Waals surface area (Å²) in [7, 11) is 1.62. The maximum absolute atomic E-state index is 12.5. The lowest BCUT2D eigenvalue weighted by Crippen LogP contribution is -2.24. The van der Waals surface area contributed by atoms with Gasteiger partial charge in [-0.05, 0) is 37.0 Å². The Morgan fingerprint density at radius 2 is 2.33 bits per heavy atom. The number of rotatable bonds is 3. The fraction of sp³-hybridized carbons (Fsp3) is 0.500. The van der Waals surface area contributed by atoms with E-state index in [0.29, 0.717) is 17.9 Å². The van der Waals surface area contributed by atoms with Crippen LogP contribution in [0.1, 0.15) is 16.9 Å². The van der Waals surface area contributed by atoms with Gasteiger partial charge in [0.25, 0.3) is 5.56 Å². The van der Waals surface area contributed by atoms with Gasteiger partial charge in [0.2, 0.25) is 0 Å². The second kappa shape index (κ2) is 4.60. The van der Waals surface area contributed by atoms with Crippen molar-refractivity contribution in [2.24, 2.45) is 0 Å². The summed E-state index contributed by atoms with van der Waals surface area (Å²) in [5, 5.41) is 0.845. The number of H-pyrrole nitrogens is 1. The largest absolute Gasteiger partial charge is 0.383 e. The molecular formula is C12H14N2O2S2. The lowest BCUT2D eigenvalue weighted by Gasteiger charge is -2.05. The molecule has 2 heterocycles. The number of thiophene rings is 1. The van der Waals surface area contributed by atoms with Crippen LogP contribution >= 0.6 is 23.6 Å². The average Bonchev–Trinajstić information content (AvgIpc) is 2.88. The lowest BCUT2D eigenvalue weighted by molar-refractivity contribution is 0.185. The van der Waals surface area contributed by atoms with Crippen molar-refractivity contribution in [2.75, 3.05) is 13.7 Å². The Kier molecular flexibility index (Phi) is 3.09. The Morgan fingerprint density at radius 1 is 1.50 bits per heavy atom. The number of hydrogen-bond acceptors (Lipinski definition) is 4. The summed E-state index contributed by atoms with van der Waals surface area (Å²) >= 11 is 6.93. The molecule has 0 spiro atoms. The highest BCUT2D eigenvalue weighted by Gasteiger charge is 2.21. The third-order valence-electron chi connectivity index (χ3n) is 3.36. The summed E-state index contributed by atoms with van der Waals surface area (Å²) < 4.78 is 7.12. The van der Waals surface area contributed by atoms with Crippen molar-refractivity contribution in [2.45, 2.75) is 25.8 Å². The normalized spacial score (nSPS) is 14.3. The second-order valence-corrected chi connectivity index (χ2v) is 5.93. The van der Waals surface area contributed by atoms with E-state index >= 15 is 0 Å². The van der Waals surface area contributed by atoms with Crippen molar-refractivity contribution in [3.05, 3.63) is 25.6 Å². The van der Waals surface area contributed by atoms with Gasteiger partial charge in [-0.25, -0.2) is 0 Å². The first-order valence-electron chi connectivity index (χ1n) is 5.98. The summed E-state index contributed by atoms with van der Waals surface area (Å²) in [5.41, 5.74) is 1.27. The lowest BCUT2D eigenvalue weighted by atomic mass is 10.2. The Morgan fingerprint density at radius 3 is 3.11 bits per heavy atom. The number of hydrogen-bond donors (Lipinski definition) is 1. The Bertz CT molecular complexity index is 711. The number of aryl methyl sites for hydroxylation is 2. The molecule has 1 aliphatic carbocycles. The monoisotopic (exact) mass is 282 g/mol. The zero-order valence-corrected chi connectivity index (χ0v) is 11.7. The van der Waals surface area contributed by atoms with Crippen LogP contribution in [0.25, 0.3) is 10.2 Å². The molecule has 0 amide bonds. The van der Waals surface area contributed by atoms with Crippen LogP contribution in [-0.2, 0) is 24.1 Å². The minimum absolute atomic E-state index is 0.0326. The molecule has 0 saturated heterocycles. The topological polar surface area (TPSA) is 47.0 Å². The molecule has 2 aromatic rings. The molecule has 4 nitrogen and oxygen atoms in total. The standard InChI is InChI=1S/C12H14N2O2S2/c1-16-6-5-14-11(15)9-7-3-2-4-8(7)18-10(9)13-12(14)17/h2-6H2,1H3,(H,13,17). The molecule has 0 unspecified atom stereocenters. The van der Waals surface area contributed by atoms with Crippen LogP contribution in [0.5, 0.6) is 0 Å². The highest BCUT2D eigenvalue weighted by molar-refractivity contribution is 7.71. The summed E-state index contributed by atoms with van der Waals surface area (Å²) in [4.78, 5) is 18.0. The third-order valence-corrected chi connectivity index (χ3v) is 4.89. The van der Waals surface area contributed by atoms with Crippen LogP contribution in [-0.4, -0.2) is 23.3 Å². The predicted molar refractivity (Wildman–Crippen MR) is 75.2 cm³/mol. The van der Waals surface area contributed by atoms with E-state index in [-0.39, 0.29) is 5.56 Å². The molecule has 1 N–H and O–H groups in total. The molecule has 0 atom stereocenters. The van der Waals surface area contributed by atoms with E-state index in [2.05, 4.69) is 4.98 Å². The molecule has 0 radical (unpaired) electrons. The van der Waals surface area contributed by atoms with E-state index in [1.807, 2.05) is 0 Å². The van der Waals surface area contributed by atoms with E-state index in [1.165, 1.54) is 10.4 Å². The van der Waals surface area contributed by atoms with Crippen LogP contribution in [0.4, 0.5) is 0 Å². The molecule has 0 fully saturated rings. The van der Waals surface area contributed by atoms with Gasteiger partial charge in [-0.3, -0.25) is 9.36 Å². The second-order valence-electron chi connectivity index (χ2n) is 4.44. The van der Waals surface area contributed by atoms with E-state index < -0.39 is 0 Å². The molecule has 2 aromatic heterocycles. The average molecular weight is 282 g/mol. The molecule has 18 heavy (non-hydrogen) atoms. The number of nitrogens with zero attached hydrogens (tertiary/aromatic N) is 1. The summed E-state index contributed by atoms with van der Waals surface area (Å²) in [6, 6.07) is 0. The van der Waals surface area contributed by atoms with Gasteiger partial charge in [-0.15, -0.1) is 11.3 Å². The molecular weight excluding hydrogens is 268 g/mol. The maximum Gasteiger partial charge on any atom is 0.263 e. The Hall–Kier alpha value is -0.980. The van der Waals surface area contributed by atoms with Gasteiger partial charge in [-0.2, -0.15) is 0 Å². The SMILES string of the molecule is COCCn1c(=S)[nH]c2sc3c(c2c1=O)CCC3. The summed E-state index contributed by atoms with van der Waals surface area (Å²) in [6.45, 7) is 1.00. The quantitative estimate of drug-likeness (QED) is 0.878. The van der Waals surface area contributed by atoms with Crippen molar-refractivity contribution in [3.8, 4) is 0 Å². The number of aromatic amines is 1. The van der Waals surface area contributed by atoms with Crippen molar-refractivity contribution >= 4 is 33.8 Å². The van der Waals surface area contributed by atoms with Crippen molar-refractivity contribution in [3.63, 3.8) is 0 Å². The Balaban J connectivity index is 2.26. The predicted octanol–water partition coefficient (Wildman–Crippen LogP) is 2.26. The van der Waals surface area contributed by atoms with Crippen molar-refractivity contribution in [1.82, 2.24) is 9.55 Å². The van der Waals surface area contributed by atoms with Crippen LogP contribution in [0.2, 0.25) is 0 Å². The number of fused-ring (bicyclic) bond motifs is 3. The number of nitrogens with one attached hydrogen (secondary N) is 1. The first kappa shape index (κ1) is 12.1. The zero-order chi connectivity index (χ0) is 12.7. The first-order chi connectivity index (χ1) is 8.72. The fourth-order valence-electron chi connectivity index (χ4n) is 2.50. The maximum atomic E-state index is 12.5. The van der Waals surface area contributed by atoms with Gasteiger partial charge in [0.1, 0.15) is 4.83 Å². The molecule has 3 rings (SSSR count). The molecule has 0 saturated carbocycles. The summed E-state index contributed by atoms with van der Waals surface area (Å²) in [5.74, 6) is 0. The van der Waals surface area contributed by atoms with E-state index in [0.717, 1.165) is 29.5 Å². The van der Waals surface area contributed by atoms with Crippen LogP contribution < -0.4 is 5.56 Å². The van der Waals surface area contributed by atoms with Gasteiger partial charge < -0.3 is 9.72 Å². The number of ether oxygens (including phenoxy) is 1. The van der Waals surface area contributed by atoms with Crippen LogP contribution in [0.15, 0.2) is 4.79 Å². The molecule has 1 aliphatic rings. The van der Waals surface area contributed by atoms with E-state index in [4.69, 9.17) is 17.0 Å². The third kappa shape index (κ3) is 1.75. The highest BCUT2D eigenvalue weighted by atomic mass is 32.1. The fourth-order valence-corrected chi connectivity index (χ4v) is 4.12. The zero-order valence-electron chi connectivity index (χ0n) is 10.1. The Labute approximate surface area is 113 Å². The van der Waals surface area contributed by atoms with E-state index in [9.17, 15) is 4.79 Å². The number of aromatic nitrogens is 2. The highest BCUT2D eigenvalue weighted by Crippen LogP contribution is 2.34. The minimum Gasteiger partial charge on any atom is -0.383 e. The smallest absolute Gasteiger partial charge is 0.263 e. The number of methoxy groups -OCH3 is 1. The van der Waals surface area contributed by atoms with Gasteiger partial charge in [0.05, 0.1) is 18.5 Å². The van der Waals surface area contributed by atoms with Gasteiger partial charge in [-0.1, -0.05) is 0 Å². The van der Waals surface area contributed by atoms with Crippen LogP contribution in [0, 0.1) is 4.77 Å². The molecule has 0 aliphatic heterocycles. The van der Waals surface area contributed by atoms with Crippen molar-refractivity contribution < 1.29 is 4.74 Å². The summed E-state index contributed by atoms with van der Waals surface area (Å²) in [6.07, 6.45) is 3.26. The molecule has 0 aromatic carbocycles. The van der Waals surface area contributed by atoms with Crippen LogP contribution in [0.3, 0.4) is 0 Å². The first-order valence-corrected chi connectivity index (χ1v) is 7.21.